The van der Waals surface area contributed by atoms with E-state index in [1.807, 2.05) is 109 Å². The van der Waals surface area contributed by atoms with Crippen LogP contribution >= 0.6 is 116 Å². The third-order valence-electron chi connectivity index (χ3n) is 14.9. The second kappa shape index (κ2) is 99.2. The van der Waals surface area contributed by atoms with Crippen LogP contribution in [0.2, 0.25) is 0 Å². The SMILES string of the molecule is C.C.C.C.C.C.C.C.C.C#CCCN1CCC[C@H]1C.C#CCCN1CCC[C@H]1C.C#CCCOS(=O)(=O)c1ccc(C)cc1.CC#N.CI.C[C@@H]1CCCN1.C[C@@H]1CCCN1.C[C@@H]1CCCN1CCC#Cc1cc(Br)ccc1N.ClP(Cl)c1ccccc1.Nc1ccc(Br)cc1I.O=CO[O-].P.[H-].[K+].[K+].[Pd].[c-]1ccccc1. The predicted octanol–water partition coefficient (Wildman–Crippen LogP) is 16.6. The Morgan fingerprint density at radius 2 is 1.03 bits per heavy atom. The minimum Gasteiger partial charge on any atom is -1.00 e. The summed E-state index contributed by atoms with van der Waals surface area (Å²) in [5.74, 6) is 14.0. The van der Waals surface area contributed by atoms with Crippen molar-refractivity contribution in [3.8, 4) is 54.9 Å². The van der Waals surface area contributed by atoms with Crippen molar-refractivity contribution in [1.82, 2.24) is 25.3 Å². The Morgan fingerprint density at radius 3 is 1.31 bits per heavy atom. The number of carbonyl (C=O) groups is 1. The first-order valence-corrected chi connectivity index (χ1v) is 42.1. The normalized spacial score (nSPS) is 15.5. The quantitative estimate of drug-likeness (QED) is 0.00747. The van der Waals surface area contributed by atoms with E-state index >= 15 is 0 Å². The smallest absolute Gasteiger partial charge is 1.00 e. The maximum atomic E-state index is 11.5. The first kappa shape index (κ1) is 146. The van der Waals surface area contributed by atoms with Gasteiger partial charge in [0.05, 0.1) is 17.6 Å². The van der Waals surface area contributed by atoms with Gasteiger partial charge in [-0.05, 0) is 215 Å². The number of benzene rings is 5. The van der Waals surface area contributed by atoms with E-state index in [0.29, 0.717) is 0 Å². The minimum atomic E-state index is -3.64. The van der Waals surface area contributed by atoms with E-state index in [1.165, 1.54) is 116 Å². The number of terminal acetylenes is 3. The standard InChI is InChI=1S/C15H19BrN2.C11H12O3S.2C9H15N.C6H5BrIN.C6H5Cl2P.C6H5.2C5H11N.C2H3N.CH3I.CH2O3.9CH4.2K.H3P.Pd.H/c1-12-5-4-10-18(12)9-3-2-6-13-11-14(16)7-8-15(13)17;1-3-4-9-14-15(12,13)11-7-5-10(2)6-8-11;2*1-3-4-7-10-8-5-6-9(10)2;7-4-1-2-6(9)5(8)3-4;7-9(8)6-4-2-1-3-5-6;1-2-4-6-5-3-1;2*1-5-3-2-4-6-5;1-2-3;1-2;2-1-4-3;;;;;;;;;;;;;;/h7-8,11-12H,3-5,9-10,17H2,1H3;1,5-8H,4,9H2,2H3;2*1,9H,4-8H2,2H3;1-3H,9H2;1-5H;1-5H;2*5-6H,2-4H2,1H3;1H3;1H3;1,3H;9*1H4;;;1H3;;/q;;;;;;-1;;;;;;;;;;;;;;;2*+1;;;-1/p-1/t12-;;2*9-;;;;2*5-;;;;;;;;;;;;;;;;;/m1.11...11................./s1. The van der Waals surface area contributed by atoms with Gasteiger partial charge in [0, 0.05) is 138 Å². The van der Waals surface area contributed by atoms with Crippen molar-refractivity contribution >= 4 is 149 Å². The molecule has 0 radical (unpaired) electrons. The van der Waals surface area contributed by atoms with Crippen LogP contribution in [0.4, 0.5) is 11.4 Å². The van der Waals surface area contributed by atoms with Crippen LogP contribution in [0.5, 0.6) is 0 Å². The molecule has 0 spiro atoms. The van der Waals surface area contributed by atoms with Crippen molar-refractivity contribution in [1.29, 1.82) is 5.26 Å². The van der Waals surface area contributed by atoms with Crippen LogP contribution in [-0.2, 0) is 44.4 Å². The summed E-state index contributed by atoms with van der Waals surface area (Å²) < 4.78 is 31.0. The van der Waals surface area contributed by atoms with E-state index < -0.39 is 16.7 Å². The third kappa shape index (κ3) is 81.2. The zero-order chi connectivity index (χ0) is 73.8. The zero-order valence-corrected chi connectivity index (χ0v) is 81.5. The average molecular weight is 2140 g/mol. The van der Waals surface area contributed by atoms with Gasteiger partial charge in [0.15, 0.2) is 0 Å². The summed E-state index contributed by atoms with van der Waals surface area (Å²) in [5, 5.41) is 23.4. The van der Waals surface area contributed by atoms with Crippen LogP contribution in [-0.4, -0.2) is 124 Å². The number of nitrogens with one attached hydrogen (secondary N) is 2. The Morgan fingerprint density at radius 1 is 0.649 bits per heavy atom. The molecule has 5 aromatic rings. The summed E-state index contributed by atoms with van der Waals surface area (Å²) in [6.45, 7) is 23.0. The Labute approximate surface area is 841 Å². The van der Waals surface area contributed by atoms with Crippen LogP contribution in [0.15, 0.2) is 135 Å². The molecule has 1 unspecified atom stereocenters. The van der Waals surface area contributed by atoms with E-state index in [2.05, 4.69) is 178 Å². The minimum absolute atomic E-state index is 0. The second-order valence-corrected chi connectivity index (χ2v) is 30.7. The fraction of sp³-hybridized carbons (Fsp3) is 0.529. The van der Waals surface area contributed by atoms with Gasteiger partial charge in [-0.3, -0.25) is 23.7 Å². The maximum Gasteiger partial charge on any atom is 1.00 e. The molecule has 6 atom stereocenters. The summed E-state index contributed by atoms with van der Waals surface area (Å²) in [6, 6.07) is 45.8. The molecule has 0 saturated carbocycles. The summed E-state index contributed by atoms with van der Waals surface area (Å²) in [5.41, 5.74) is 14.9. The first-order chi connectivity index (χ1) is 47.0. The number of likely N-dealkylation sites (tertiary alicyclic amines) is 3. The topological polar surface area (TPSA) is 202 Å². The van der Waals surface area contributed by atoms with Crippen molar-refractivity contribution in [2.45, 2.75) is 240 Å². The fourth-order valence-electron chi connectivity index (χ4n) is 9.47. The predicted molar refractivity (Wildman–Crippen MR) is 511 cm³/mol. The molecule has 0 aromatic heterocycles. The van der Waals surface area contributed by atoms with E-state index in [0.717, 1.165) is 109 Å². The number of nitrogens with zero attached hydrogens (tertiary/aromatic N) is 4. The van der Waals surface area contributed by atoms with Crippen LogP contribution in [0, 0.1) is 76.8 Å². The molecule has 111 heavy (non-hydrogen) atoms. The van der Waals surface area contributed by atoms with Gasteiger partial charge >= 0.3 is 103 Å². The number of nitriles is 1. The van der Waals surface area contributed by atoms with Gasteiger partial charge in [-0.15, -0.1) is 37.0 Å². The van der Waals surface area contributed by atoms with Gasteiger partial charge in [-0.25, -0.2) is 0 Å². The van der Waals surface area contributed by atoms with Crippen LogP contribution in [0.3, 0.4) is 0 Å². The Hall–Kier alpha value is 0.365. The Kier molecular flexibility index (Phi) is 131. The third-order valence-corrected chi connectivity index (χ3v) is 20.0. The Bertz CT molecular complexity index is 3130. The van der Waals surface area contributed by atoms with E-state index in [1.54, 1.807) is 18.2 Å². The molecule has 5 aromatic carbocycles. The molecular weight excluding hydrogens is 1990 g/mol. The summed E-state index contributed by atoms with van der Waals surface area (Å²) >= 11 is 22.4. The van der Waals surface area contributed by atoms with Crippen molar-refractivity contribution in [2.75, 3.05) is 75.4 Å². The summed E-state index contributed by atoms with van der Waals surface area (Å²) in [6.07, 6.45) is 31.9. The molecule has 14 nitrogen and oxygen atoms in total. The van der Waals surface area contributed by atoms with Crippen LogP contribution in [0.1, 0.15) is 211 Å². The molecule has 5 heterocycles. The number of rotatable bonds is 12. The number of hydrogen-bond donors (Lipinski definition) is 4. The monoisotopic (exact) mass is 2130 g/mol. The number of nitrogens with two attached hydrogens (primary N) is 2. The van der Waals surface area contributed by atoms with Crippen molar-refractivity contribution in [2.24, 2.45) is 0 Å². The maximum absolute atomic E-state index is 11.5. The van der Waals surface area contributed by atoms with Crippen molar-refractivity contribution < 1.29 is 152 Å². The van der Waals surface area contributed by atoms with Crippen molar-refractivity contribution in [3.05, 3.63) is 151 Å². The van der Waals surface area contributed by atoms with Gasteiger partial charge < -0.3 is 33.7 Å². The van der Waals surface area contributed by atoms with Gasteiger partial charge in [-0.1, -0.05) is 204 Å². The first-order valence-electron chi connectivity index (χ1n) is 32.7. The number of carbonyl (C=O) groups excluding carboxylic acids is 1. The number of halogens is 6. The fourth-order valence-corrected chi connectivity index (χ4v) is 13.1. The molecule has 632 valence electrons. The van der Waals surface area contributed by atoms with E-state index in [4.69, 9.17) is 72.7 Å². The van der Waals surface area contributed by atoms with Gasteiger partial charge in [0.1, 0.15) is 6.63 Å². The molecule has 5 aliphatic heterocycles. The molecule has 10 rings (SSSR count). The zero-order valence-electron chi connectivity index (χ0n) is 62.5. The molecule has 5 fully saturated rings. The number of hydrogen-bond acceptors (Lipinski definition) is 14. The molecule has 0 bridgehead atoms. The molecule has 6 N–H and O–H groups in total. The number of aryl methyl sites for hydroxylation is 1. The van der Waals surface area contributed by atoms with Crippen LogP contribution in [0.25, 0.3) is 0 Å². The van der Waals surface area contributed by atoms with Gasteiger partial charge in [0.25, 0.3) is 16.6 Å². The molecular formula is C85H145Br2Cl2I2K2N8O6P2PdS-. The van der Waals surface area contributed by atoms with E-state index in [9.17, 15) is 8.42 Å². The van der Waals surface area contributed by atoms with Gasteiger partial charge in [-0.2, -0.15) is 60.0 Å². The molecule has 26 heteroatoms. The van der Waals surface area contributed by atoms with Gasteiger partial charge in [0.2, 0.25) is 0 Å². The average Bonchev–Trinajstić information content (AvgIpc) is 1.33. The molecule has 5 saturated heterocycles. The number of anilines is 2. The summed E-state index contributed by atoms with van der Waals surface area (Å²) in [7, 11) is -3.64. The van der Waals surface area contributed by atoms with Crippen molar-refractivity contribution in [3.63, 3.8) is 0 Å². The molecule has 5 aliphatic rings. The molecule has 0 aliphatic carbocycles. The van der Waals surface area contributed by atoms with E-state index in [-0.39, 0.29) is 226 Å². The summed E-state index contributed by atoms with van der Waals surface area (Å²) in [4.78, 5) is 20.8. The Balaban J connectivity index is -0.0000000653. The second-order valence-electron chi connectivity index (χ2n) is 22.5. The molecule has 0 amide bonds. The van der Waals surface area contributed by atoms with Crippen LogP contribution < -0.4 is 135 Å². The number of alkyl halides is 1. The largest absolute Gasteiger partial charge is 1.00 e. The number of nitrogen functional groups attached to an aromatic ring is 2.